The second kappa shape index (κ2) is 13.3. The number of para-hydroxylation sites is 1. The maximum absolute atomic E-state index is 13.7. The van der Waals surface area contributed by atoms with Gasteiger partial charge in [0.25, 0.3) is 0 Å². The third-order valence-electron chi connectivity index (χ3n) is 7.55. The first-order chi connectivity index (χ1) is 19.1. The highest BCUT2D eigenvalue weighted by atomic mass is 16.5. The number of aryl methyl sites for hydroxylation is 1. The molecular formula is C31H42N4O5. The van der Waals surface area contributed by atoms with E-state index in [9.17, 15) is 19.5 Å². The zero-order valence-corrected chi connectivity index (χ0v) is 23.7. The van der Waals surface area contributed by atoms with E-state index in [-0.39, 0.29) is 24.2 Å². The van der Waals surface area contributed by atoms with Gasteiger partial charge in [0.05, 0.1) is 11.6 Å². The number of rotatable bonds is 4. The summed E-state index contributed by atoms with van der Waals surface area (Å²) in [4.78, 5) is 42.1. The zero-order valence-electron chi connectivity index (χ0n) is 23.7. The standard InChI is InChI=1S/C31H42N4O5/c1-31(2,39)27-29(37)34-24(20-21-10-5-4-6-11-21)28(36)33-17-9-13-22-12-7-8-14-25(22)40-19-18-32-26(23-15-16-23)30(38)35(27)3/h4-8,10-12,14,23-24,26-27,32,39H,9,13,15-20H2,1-3H3,(H,33,36)(H,34,37)/t24-,26+,27-/m1/s1. The molecule has 1 aliphatic carbocycles. The fraction of sp³-hybridized carbons (Fsp3) is 0.516. The van der Waals surface area contributed by atoms with Crippen LogP contribution in [0.25, 0.3) is 0 Å². The lowest BCUT2D eigenvalue weighted by molar-refractivity contribution is -0.150. The first-order valence-corrected chi connectivity index (χ1v) is 14.2. The first kappa shape index (κ1) is 29.6. The van der Waals surface area contributed by atoms with Crippen LogP contribution in [-0.2, 0) is 27.2 Å². The summed E-state index contributed by atoms with van der Waals surface area (Å²) in [6, 6.07) is 14.7. The number of nitrogens with zero attached hydrogens (tertiary/aromatic N) is 1. The van der Waals surface area contributed by atoms with Crippen LogP contribution in [0.5, 0.6) is 5.75 Å². The molecule has 4 rings (SSSR count). The molecule has 0 saturated heterocycles. The van der Waals surface area contributed by atoms with Gasteiger partial charge in [-0.15, -0.1) is 0 Å². The van der Waals surface area contributed by atoms with E-state index in [0.717, 1.165) is 29.7 Å². The van der Waals surface area contributed by atoms with Gasteiger partial charge in [0.15, 0.2) is 0 Å². The van der Waals surface area contributed by atoms with Crippen molar-refractivity contribution in [3.8, 4) is 5.75 Å². The van der Waals surface area contributed by atoms with Crippen molar-refractivity contribution in [1.82, 2.24) is 20.9 Å². The topological polar surface area (TPSA) is 120 Å². The summed E-state index contributed by atoms with van der Waals surface area (Å²) in [6.07, 6.45) is 3.52. The van der Waals surface area contributed by atoms with E-state index < -0.39 is 29.6 Å². The van der Waals surface area contributed by atoms with E-state index in [1.165, 1.54) is 18.7 Å². The Hall–Kier alpha value is -3.43. The number of likely N-dealkylation sites (N-methyl/N-ethyl adjacent to an activating group) is 1. The van der Waals surface area contributed by atoms with Gasteiger partial charge in [-0.3, -0.25) is 14.4 Å². The summed E-state index contributed by atoms with van der Waals surface area (Å²) in [7, 11) is 1.54. The molecule has 9 heteroatoms. The molecule has 4 N–H and O–H groups in total. The van der Waals surface area contributed by atoms with Crippen LogP contribution in [0.3, 0.4) is 0 Å². The van der Waals surface area contributed by atoms with Gasteiger partial charge in [-0.1, -0.05) is 48.5 Å². The van der Waals surface area contributed by atoms with Crippen LogP contribution >= 0.6 is 0 Å². The monoisotopic (exact) mass is 550 g/mol. The zero-order chi connectivity index (χ0) is 28.7. The SMILES string of the molecule is CN1C(=O)[C@H](C2CC2)NCCOc2ccccc2CCCNC(=O)[C@@H](Cc2ccccc2)NC(=O)[C@@H]1C(C)(C)O. The molecule has 2 aliphatic rings. The number of carbonyl (C=O) groups is 3. The number of ether oxygens (including phenoxy) is 1. The minimum atomic E-state index is -1.55. The Labute approximate surface area is 236 Å². The second-order valence-electron chi connectivity index (χ2n) is 11.4. The molecular weight excluding hydrogens is 508 g/mol. The lowest BCUT2D eigenvalue weighted by Crippen LogP contribution is -2.63. The molecule has 0 spiro atoms. The van der Waals surface area contributed by atoms with Gasteiger partial charge in [-0.25, -0.2) is 0 Å². The normalized spacial score (nSPS) is 24.1. The fourth-order valence-electron chi connectivity index (χ4n) is 5.35. The highest BCUT2D eigenvalue weighted by Crippen LogP contribution is 2.34. The van der Waals surface area contributed by atoms with E-state index in [0.29, 0.717) is 32.5 Å². The molecule has 9 nitrogen and oxygen atoms in total. The Morgan fingerprint density at radius 2 is 1.68 bits per heavy atom. The quantitative estimate of drug-likeness (QED) is 0.461. The molecule has 0 unspecified atom stereocenters. The van der Waals surface area contributed by atoms with Gasteiger partial charge in [-0.05, 0) is 62.6 Å². The van der Waals surface area contributed by atoms with Crippen molar-refractivity contribution in [3.05, 3.63) is 65.7 Å². The van der Waals surface area contributed by atoms with Crippen LogP contribution in [0.2, 0.25) is 0 Å². The molecule has 1 saturated carbocycles. The first-order valence-electron chi connectivity index (χ1n) is 14.2. The average Bonchev–Trinajstić information content (AvgIpc) is 3.75. The number of benzene rings is 2. The number of carbonyl (C=O) groups excluding carboxylic acids is 3. The molecule has 1 heterocycles. The van der Waals surface area contributed by atoms with Crippen LogP contribution in [-0.4, -0.2) is 78.2 Å². The lowest BCUT2D eigenvalue weighted by Gasteiger charge is -2.38. The average molecular weight is 551 g/mol. The molecule has 3 atom stereocenters. The number of aliphatic hydroxyl groups is 1. The Morgan fingerprint density at radius 1 is 0.975 bits per heavy atom. The Bertz CT molecular complexity index is 1160. The van der Waals surface area contributed by atoms with E-state index in [4.69, 9.17) is 4.74 Å². The maximum atomic E-state index is 13.7. The molecule has 0 radical (unpaired) electrons. The summed E-state index contributed by atoms with van der Waals surface area (Å²) < 4.78 is 6.06. The highest BCUT2D eigenvalue weighted by molar-refractivity contribution is 5.94. The molecule has 2 aromatic rings. The Morgan fingerprint density at radius 3 is 2.38 bits per heavy atom. The van der Waals surface area contributed by atoms with Crippen LogP contribution in [0, 0.1) is 5.92 Å². The molecule has 2 aromatic carbocycles. The predicted molar refractivity (Wildman–Crippen MR) is 153 cm³/mol. The van der Waals surface area contributed by atoms with E-state index in [1.54, 1.807) is 7.05 Å². The van der Waals surface area contributed by atoms with Crippen molar-refractivity contribution in [2.75, 3.05) is 26.7 Å². The lowest BCUT2D eigenvalue weighted by atomic mass is 9.94. The van der Waals surface area contributed by atoms with Crippen molar-refractivity contribution >= 4 is 17.7 Å². The van der Waals surface area contributed by atoms with Gasteiger partial charge in [-0.2, -0.15) is 0 Å². The van der Waals surface area contributed by atoms with Crippen LogP contribution < -0.4 is 20.7 Å². The maximum Gasteiger partial charge on any atom is 0.246 e. The molecule has 0 aromatic heterocycles. The summed E-state index contributed by atoms with van der Waals surface area (Å²) in [5.41, 5.74) is 0.386. The van der Waals surface area contributed by atoms with Crippen LogP contribution in [0.1, 0.15) is 44.2 Å². The van der Waals surface area contributed by atoms with Gasteiger partial charge in [0.1, 0.15) is 24.4 Å². The summed E-state index contributed by atoms with van der Waals surface area (Å²) in [6.45, 7) is 4.27. The summed E-state index contributed by atoms with van der Waals surface area (Å²) in [5, 5.41) is 20.2. The van der Waals surface area contributed by atoms with Gasteiger partial charge in [0, 0.05) is 26.6 Å². The van der Waals surface area contributed by atoms with Crippen molar-refractivity contribution in [2.45, 2.75) is 69.7 Å². The van der Waals surface area contributed by atoms with Crippen molar-refractivity contribution < 1.29 is 24.2 Å². The van der Waals surface area contributed by atoms with Crippen molar-refractivity contribution in [3.63, 3.8) is 0 Å². The minimum absolute atomic E-state index is 0.162. The van der Waals surface area contributed by atoms with Gasteiger partial charge < -0.3 is 30.7 Å². The van der Waals surface area contributed by atoms with Gasteiger partial charge in [0.2, 0.25) is 17.7 Å². The smallest absolute Gasteiger partial charge is 0.246 e. The number of amides is 3. The Balaban J connectivity index is 1.62. The summed E-state index contributed by atoms with van der Waals surface area (Å²) in [5.74, 6) is -0.207. The number of hydrogen-bond donors (Lipinski definition) is 4. The van der Waals surface area contributed by atoms with Crippen LogP contribution in [0.4, 0.5) is 0 Å². The van der Waals surface area contributed by atoms with E-state index in [2.05, 4.69) is 16.0 Å². The van der Waals surface area contributed by atoms with Crippen molar-refractivity contribution in [1.29, 1.82) is 0 Å². The molecule has 1 fully saturated rings. The summed E-state index contributed by atoms with van der Waals surface area (Å²) >= 11 is 0. The third-order valence-corrected chi connectivity index (χ3v) is 7.55. The molecule has 216 valence electrons. The Kier molecular flexibility index (Phi) is 9.81. The largest absolute Gasteiger partial charge is 0.492 e. The highest BCUT2D eigenvalue weighted by Gasteiger charge is 2.45. The molecule has 3 amide bonds. The van der Waals surface area contributed by atoms with E-state index in [1.807, 2.05) is 54.6 Å². The minimum Gasteiger partial charge on any atom is -0.492 e. The van der Waals surface area contributed by atoms with Crippen molar-refractivity contribution in [2.24, 2.45) is 5.92 Å². The van der Waals surface area contributed by atoms with Crippen LogP contribution in [0.15, 0.2) is 54.6 Å². The molecule has 1 aliphatic heterocycles. The number of nitrogens with one attached hydrogen (secondary N) is 3. The predicted octanol–water partition coefficient (Wildman–Crippen LogP) is 1.82. The van der Waals surface area contributed by atoms with Gasteiger partial charge >= 0.3 is 0 Å². The van der Waals surface area contributed by atoms with E-state index >= 15 is 0 Å². The fourth-order valence-corrected chi connectivity index (χ4v) is 5.35. The molecule has 40 heavy (non-hydrogen) atoms. The third kappa shape index (κ3) is 7.82. The number of fused-ring (bicyclic) bond motifs is 1. The molecule has 0 bridgehead atoms. The second-order valence-corrected chi connectivity index (χ2v) is 11.4. The number of hydrogen-bond acceptors (Lipinski definition) is 6.